The molecule has 0 spiro atoms. The molecule has 1 aliphatic carbocycles. The Morgan fingerprint density at radius 3 is 2.19 bits per heavy atom. The number of carbonyl (C=O) groups excluding carboxylic acids is 1. The van der Waals surface area contributed by atoms with Crippen molar-refractivity contribution in [1.82, 2.24) is 0 Å². The normalized spacial score (nSPS) is 14.7. The first kappa shape index (κ1) is 20.6. The van der Waals surface area contributed by atoms with Gasteiger partial charge in [-0.1, -0.05) is 42.5 Å². The number of hydrogen-bond acceptors (Lipinski definition) is 5. The second-order valence-electron chi connectivity index (χ2n) is 6.78. The van der Waals surface area contributed by atoms with E-state index in [4.69, 9.17) is 4.74 Å². The predicted molar refractivity (Wildman–Crippen MR) is 120 cm³/mol. The first-order valence-electron chi connectivity index (χ1n) is 9.73. The van der Waals surface area contributed by atoms with Crippen LogP contribution in [0.25, 0.3) is 0 Å². The lowest BCUT2D eigenvalue weighted by Gasteiger charge is -2.18. The molecule has 0 amide bonds. The Bertz CT molecular complexity index is 1280. The molecular weight excluding hydrogens is 412 g/mol. The highest BCUT2D eigenvalue weighted by atomic mass is 32.2. The van der Waals surface area contributed by atoms with Crippen LogP contribution in [0.2, 0.25) is 0 Å². The van der Waals surface area contributed by atoms with Gasteiger partial charge >= 0.3 is 0 Å². The minimum absolute atomic E-state index is 0.0452. The van der Waals surface area contributed by atoms with Gasteiger partial charge in [-0.05, 0) is 49.4 Å². The Kier molecular flexibility index (Phi) is 5.68. The van der Waals surface area contributed by atoms with E-state index in [2.05, 4.69) is 9.71 Å². The van der Waals surface area contributed by atoms with Gasteiger partial charge in [0, 0.05) is 16.8 Å². The van der Waals surface area contributed by atoms with Crippen LogP contribution in [0.3, 0.4) is 0 Å². The van der Waals surface area contributed by atoms with Crippen LogP contribution in [0.5, 0.6) is 5.75 Å². The zero-order chi connectivity index (χ0) is 21.8. The van der Waals surface area contributed by atoms with Gasteiger partial charge in [-0.15, -0.1) is 0 Å². The monoisotopic (exact) mass is 432 g/mol. The summed E-state index contributed by atoms with van der Waals surface area (Å²) >= 11 is 0. The molecule has 4 rings (SSSR count). The third-order valence-corrected chi connectivity index (χ3v) is 5.98. The number of allylic oxidation sites excluding steroid dienone is 2. The Morgan fingerprint density at radius 1 is 0.871 bits per heavy atom. The average molecular weight is 433 g/mol. The number of benzene rings is 3. The molecule has 0 unspecified atom stereocenters. The molecule has 31 heavy (non-hydrogen) atoms. The SMILES string of the molecule is CCOc1ccc(S(=O)(=O)/N=C2/C=C(Nc3ccccc3)C(=O)c3ccccc32)cc1. The first-order chi connectivity index (χ1) is 15.0. The Hall–Kier alpha value is -3.71. The van der Waals surface area contributed by atoms with Crippen LogP contribution in [-0.4, -0.2) is 26.5 Å². The Morgan fingerprint density at radius 2 is 1.52 bits per heavy atom. The number of carbonyl (C=O) groups is 1. The zero-order valence-corrected chi connectivity index (χ0v) is 17.6. The Balaban J connectivity index is 1.76. The van der Waals surface area contributed by atoms with E-state index in [1.807, 2.05) is 37.3 Å². The highest BCUT2D eigenvalue weighted by Crippen LogP contribution is 2.25. The second-order valence-corrected chi connectivity index (χ2v) is 8.38. The maximum Gasteiger partial charge on any atom is 0.282 e. The Labute approximate surface area is 181 Å². The smallest absolute Gasteiger partial charge is 0.282 e. The van der Waals surface area contributed by atoms with Crippen molar-refractivity contribution in [3.63, 3.8) is 0 Å². The van der Waals surface area contributed by atoms with E-state index < -0.39 is 10.0 Å². The number of sulfonamides is 1. The summed E-state index contributed by atoms with van der Waals surface area (Å²) in [5.41, 5.74) is 2.04. The fourth-order valence-electron chi connectivity index (χ4n) is 3.23. The van der Waals surface area contributed by atoms with E-state index >= 15 is 0 Å². The molecule has 6 nitrogen and oxygen atoms in total. The number of nitrogens with one attached hydrogen (secondary N) is 1. The molecule has 0 bridgehead atoms. The molecule has 0 aliphatic heterocycles. The molecule has 0 saturated heterocycles. The maximum atomic E-state index is 13.0. The van der Waals surface area contributed by atoms with Crippen LogP contribution < -0.4 is 10.1 Å². The van der Waals surface area contributed by atoms with E-state index in [1.54, 1.807) is 36.4 Å². The van der Waals surface area contributed by atoms with Gasteiger partial charge in [-0.2, -0.15) is 12.8 Å². The standard InChI is InChI=1S/C24H20N2O4S/c1-2-30-18-12-14-19(15-13-18)31(28,29)26-22-16-23(25-17-8-4-3-5-9-17)24(27)21-11-7-6-10-20(21)22/h3-16,25H,2H2,1H3/b26-22-. The third kappa shape index (κ3) is 4.41. The van der Waals surface area contributed by atoms with Crippen molar-refractivity contribution in [3.05, 3.63) is 102 Å². The summed E-state index contributed by atoms with van der Waals surface area (Å²) in [5, 5.41) is 3.07. The minimum Gasteiger partial charge on any atom is -0.494 e. The highest BCUT2D eigenvalue weighted by molar-refractivity contribution is 7.90. The van der Waals surface area contributed by atoms with Crippen molar-refractivity contribution >= 4 is 27.2 Å². The minimum atomic E-state index is -4.00. The lowest BCUT2D eigenvalue weighted by molar-refractivity contribution is 0.103. The zero-order valence-electron chi connectivity index (χ0n) is 16.8. The number of hydrogen-bond donors (Lipinski definition) is 1. The van der Waals surface area contributed by atoms with Crippen molar-refractivity contribution in [2.75, 3.05) is 11.9 Å². The summed E-state index contributed by atoms with van der Waals surface area (Å²) in [6.45, 7) is 2.34. The molecule has 3 aromatic carbocycles. The van der Waals surface area contributed by atoms with E-state index in [9.17, 15) is 13.2 Å². The summed E-state index contributed by atoms with van der Waals surface area (Å²) in [6.07, 6.45) is 1.48. The summed E-state index contributed by atoms with van der Waals surface area (Å²) in [6, 6.07) is 22.1. The molecular formula is C24H20N2O4S. The molecule has 1 N–H and O–H groups in total. The molecule has 0 aromatic heterocycles. The van der Waals surface area contributed by atoms with Gasteiger partial charge in [-0.25, -0.2) is 0 Å². The van der Waals surface area contributed by atoms with Crippen LogP contribution in [0.1, 0.15) is 22.8 Å². The van der Waals surface area contributed by atoms with Crippen molar-refractivity contribution in [2.45, 2.75) is 11.8 Å². The quantitative estimate of drug-likeness (QED) is 0.622. The molecule has 0 fully saturated rings. The van der Waals surface area contributed by atoms with E-state index in [-0.39, 0.29) is 22.1 Å². The topological polar surface area (TPSA) is 84.8 Å². The van der Waals surface area contributed by atoms with Gasteiger partial charge in [0.2, 0.25) is 5.78 Å². The van der Waals surface area contributed by atoms with Crippen molar-refractivity contribution in [2.24, 2.45) is 4.40 Å². The van der Waals surface area contributed by atoms with Gasteiger partial charge < -0.3 is 10.1 Å². The van der Waals surface area contributed by atoms with Crippen LogP contribution in [0.15, 0.2) is 99.9 Å². The third-order valence-electron chi connectivity index (χ3n) is 4.68. The predicted octanol–water partition coefficient (Wildman–Crippen LogP) is 4.46. The molecule has 156 valence electrons. The number of Topliss-reactive ketones (excluding diaryl/α,β-unsaturated/α-hetero) is 1. The van der Waals surface area contributed by atoms with Crippen molar-refractivity contribution < 1.29 is 17.9 Å². The summed E-state index contributed by atoms with van der Waals surface area (Å²) < 4.78 is 35.4. The fourth-order valence-corrected chi connectivity index (χ4v) is 4.23. The fraction of sp³-hybridized carbons (Fsp3) is 0.0833. The van der Waals surface area contributed by atoms with Gasteiger partial charge in [0.25, 0.3) is 10.0 Å². The van der Waals surface area contributed by atoms with Gasteiger partial charge in [0.15, 0.2) is 0 Å². The average Bonchev–Trinajstić information content (AvgIpc) is 2.78. The molecule has 0 saturated carbocycles. The highest BCUT2D eigenvalue weighted by Gasteiger charge is 2.26. The molecule has 1 aliphatic rings. The van der Waals surface area contributed by atoms with Crippen LogP contribution in [-0.2, 0) is 10.0 Å². The molecule has 0 radical (unpaired) electrons. The van der Waals surface area contributed by atoms with Crippen molar-refractivity contribution in [3.8, 4) is 5.75 Å². The van der Waals surface area contributed by atoms with E-state index in [1.165, 1.54) is 18.2 Å². The van der Waals surface area contributed by atoms with E-state index in [0.717, 1.165) is 5.69 Å². The lowest BCUT2D eigenvalue weighted by atomic mass is 9.92. The number of ether oxygens (including phenoxy) is 1. The number of nitrogens with zero attached hydrogens (tertiary/aromatic N) is 1. The van der Waals surface area contributed by atoms with Gasteiger partial charge in [-0.3, -0.25) is 4.79 Å². The second kappa shape index (κ2) is 8.57. The first-order valence-corrected chi connectivity index (χ1v) is 11.2. The lowest BCUT2D eigenvalue weighted by Crippen LogP contribution is -2.22. The number of para-hydroxylation sites is 1. The van der Waals surface area contributed by atoms with Gasteiger partial charge in [0.1, 0.15) is 5.75 Å². The molecule has 0 heterocycles. The van der Waals surface area contributed by atoms with E-state index in [0.29, 0.717) is 23.5 Å². The molecule has 0 atom stereocenters. The molecule has 7 heteroatoms. The number of rotatable bonds is 6. The van der Waals surface area contributed by atoms with Crippen LogP contribution in [0, 0.1) is 0 Å². The van der Waals surface area contributed by atoms with Crippen molar-refractivity contribution in [1.29, 1.82) is 0 Å². The maximum absolute atomic E-state index is 13.0. The number of ketones is 1. The summed E-state index contributed by atoms with van der Waals surface area (Å²) in [5.74, 6) is 0.355. The summed E-state index contributed by atoms with van der Waals surface area (Å²) in [4.78, 5) is 13.0. The largest absolute Gasteiger partial charge is 0.494 e. The van der Waals surface area contributed by atoms with Crippen LogP contribution >= 0.6 is 0 Å². The van der Waals surface area contributed by atoms with Gasteiger partial charge in [0.05, 0.1) is 22.9 Å². The number of anilines is 1. The molecule has 3 aromatic rings. The summed E-state index contributed by atoms with van der Waals surface area (Å²) in [7, 11) is -4.00. The van der Waals surface area contributed by atoms with Crippen LogP contribution in [0.4, 0.5) is 5.69 Å². The number of fused-ring (bicyclic) bond motifs is 1.